The first-order valence-electron chi connectivity index (χ1n) is 7.67. The quantitative estimate of drug-likeness (QED) is 0.804. The van der Waals surface area contributed by atoms with Crippen LogP contribution >= 0.6 is 0 Å². The van der Waals surface area contributed by atoms with E-state index in [2.05, 4.69) is 10.2 Å². The second kappa shape index (κ2) is 6.10. The van der Waals surface area contributed by atoms with Crippen molar-refractivity contribution in [1.29, 1.82) is 0 Å². The van der Waals surface area contributed by atoms with Crippen LogP contribution in [0.1, 0.15) is 37.7 Å². The number of aliphatic hydroxyl groups excluding tert-OH is 1. The molecule has 2 aliphatic carbocycles. The van der Waals surface area contributed by atoms with Gasteiger partial charge in [0.05, 0.1) is 6.61 Å². The highest BCUT2D eigenvalue weighted by Gasteiger charge is 2.27. The Balaban J connectivity index is 1.80. The predicted molar refractivity (Wildman–Crippen MR) is 78.3 cm³/mol. The lowest BCUT2D eigenvalue weighted by Crippen LogP contribution is -2.42. The molecule has 0 amide bonds. The Kier molecular flexibility index (Phi) is 4.22. The Labute approximate surface area is 119 Å². The SMILES string of the molecule is OCCN(c1ccc(F)cc1CNC1CC1)C1CCC1. The Morgan fingerprint density at radius 2 is 2.05 bits per heavy atom. The Morgan fingerprint density at radius 3 is 2.65 bits per heavy atom. The second-order valence-corrected chi connectivity index (χ2v) is 5.93. The average molecular weight is 278 g/mol. The topological polar surface area (TPSA) is 35.5 Å². The zero-order valence-corrected chi connectivity index (χ0v) is 11.8. The summed E-state index contributed by atoms with van der Waals surface area (Å²) in [6.07, 6.45) is 6.06. The molecule has 2 aliphatic rings. The molecular weight excluding hydrogens is 255 g/mol. The van der Waals surface area contributed by atoms with Crippen molar-refractivity contribution >= 4 is 5.69 Å². The van der Waals surface area contributed by atoms with E-state index in [1.165, 1.54) is 38.2 Å². The van der Waals surface area contributed by atoms with Crippen molar-refractivity contribution in [3.63, 3.8) is 0 Å². The van der Waals surface area contributed by atoms with Crippen LogP contribution in [0.15, 0.2) is 18.2 Å². The van der Waals surface area contributed by atoms with Crippen molar-refractivity contribution in [1.82, 2.24) is 5.32 Å². The van der Waals surface area contributed by atoms with E-state index in [1.807, 2.05) is 6.07 Å². The monoisotopic (exact) mass is 278 g/mol. The van der Waals surface area contributed by atoms with Gasteiger partial charge in [0.2, 0.25) is 0 Å². The summed E-state index contributed by atoms with van der Waals surface area (Å²) in [5.74, 6) is -0.182. The van der Waals surface area contributed by atoms with Crippen LogP contribution in [0.5, 0.6) is 0 Å². The van der Waals surface area contributed by atoms with Crippen molar-refractivity contribution in [2.45, 2.75) is 50.7 Å². The van der Waals surface area contributed by atoms with Crippen LogP contribution in [0.2, 0.25) is 0 Å². The lowest BCUT2D eigenvalue weighted by atomic mass is 9.90. The summed E-state index contributed by atoms with van der Waals surface area (Å²) in [6.45, 7) is 1.49. The zero-order chi connectivity index (χ0) is 13.9. The highest BCUT2D eigenvalue weighted by Crippen LogP contribution is 2.32. The number of nitrogens with one attached hydrogen (secondary N) is 1. The van der Waals surface area contributed by atoms with Gasteiger partial charge in [0.25, 0.3) is 0 Å². The smallest absolute Gasteiger partial charge is 0.123 e. The largest absolute Gasteiger partial charge is 0.395 e. The van der Waals surface area contributed by atoms with Gasteiger partial charge in [0, 0.05) is 30.9 Å². The molecule has 0 aromatic heterocycles. The van der Waals surface area contributed by atoms with Crippen molar-refractivity contribution in [2.24, 2.45) is 0 Å². The number of halogens is 1. The Morgan fingerprint density at radius 1 is 1.25 bits per heavy atom. The molecule has 3 nitrogen and oxygen atoms in total. The van der Waals surface area contributed by atoms with E-state index in [0.717, 1.165) is 11.3 Å². The molecule has 0 atom stereocenters. The van der Waals surface area contributed by atoms with Crippen LogP contribution < -0.4 is 10.2 Å². The number of aliphatic hydroxyl groups is 1. The van der Waals surface area contributed by atoms with E-state index in [-0.39, 0.29) is 12.4 Å². The van der Waals surface area contributed by atoms with Gasteiger partial charge in [0.15, 0.2) is 0 Å². The number of benzene rings is 1. The summed E-state index contributed by atoms with van der Waals surface area (Å²) in [4.78, 5) is 2.26. The van der Waals surface area contributed by atoms with Crippen LogP contribution in [0, 0.1) is 5.82 Å². The standard InChI is InChI=1S/C16H23FN2O/c17-13-4-7-16(12(10-13)11-18-14-5-6-14)19(8-9-20)15-2-1-3-15/h4,7,10,14-15,18,20H,1-3,5-6,8-9,11H2. The molecule has 2 saturated carbocycles. The highest BCUT2D eigenvalue weighted by molar-refractivity contribution is 5.55. The molecule has 1 aromatic carbocycles. The van der Waals surface area contributed by atoms with E-state index in [4.69, 9.17) is 0 Å². The molecule has 110 valence electrons. The van der Waals surface area contributed by atoms with Gasteiger partial charge >= 0.3 is 0 Å². The number of hydrogen-bond acceptors (Lipinski definition) is 3. The Bertz CT molecular complexity index is 458. The lowest BCUT2D eigenvalue weighted by molar-refractivity contribution is 0.283. The van der Waals surface area contributed by atoms with Gasteiger partial charge in [0.1, 0.15) is 5.82 Å². The van der Waals surface area contributed by atoms with Gasteiger partial charge in [-0.3, -0.25) is 0 Å². The van der Waals surface area contributed by atoms with E-state index >= 15 is 0 Å². The summed E-state index contributed by atoms with van der Waals surface area (Å²) in [5.41, 5.74) is 2.09. The molecule has 0 aliphatic heterocycles. The van der Waals surface area contributed by atoms with Crippen molar-refractivity contribution < 1.29 is 9.50 Å². The van der Waals surface area contributed by atoms with Crippen LogP contribution in [0.25, 0.3) is 0 Å². The molecule has 0 radical (unpaired) electrons. The van der Waals surface area contributed by atoms with Gasteiger partial charge in [-0.25, -0.2) is 4.39 Å². The molecule has 0 heterocycles. The average Bonchev–Trinajstić information content (AvgIpc) is 3.18. The minimum Gasteiger partial charge on any atom is -0.395 e. The third-order valence-electron chi connectivity index (χ3n) is 4.37. The molecule has 1 aromatic rings. The third kappa shape index (κ3) is 3.13. The summed E-state index contributed by atoms with van der Waals surface area (Å²) in [7, 11) is 0. The summed E-state index contributed by atoms with van der Waals surface area (Å²) in [5, 5.41) is 12.8. The van der Waals surface area contributed by atoms with Crippen LogP contribution in [0.4, 0.5) is 10.1 Å². The number of hydrogen-bond donors (Lipinski definition) is 2. The molecular formula is C16H23FN2O. The number of anilines is 1. The maximum absolute atomic E-state index is 13.5. The zero-order valence-electron chi connectivity index (χ0n) is 11.8. The normalized spacial score (nSPS) is 18.9. The second-order valence-electron chi connectivity index (χ2n) is 5.93. The van der Waals surface area contributed by atoms with E-state index in [9.17, 15) is 9.50 Å². The maximum atomic E-state index is 13.5. The maximum Gasteiger partial charge on any atom is 0.123 e. The lowest BCUT2D eigenvalue weighted by Gasteiger charge is -2.40. The number of nitrogens with zero attached hydrogens (tertiary/aromatic N) is 1. The van der Waals surface area contributed by atoms with Gasteiger partial charge in [-0.1, -0.05) is 0 Å². The Hall–Kier alpha value is -1.13. The molecule has 0 unspecified atom stereocenters. The van der Waals surface area contributed by atoms with Gasteiger partial charge in [-0.2, -0.15) is 0 Å². The van der Waals surface area contributed by atoms with Crippen molar-refractivity contribution in [3.8, 4) is 0 Å². The third-order valence-corrected chi connectivity index (χ3v) is 4.37. The molecule has 0 saturated heterocycles. The fourth-order valence-corrected chi connectivity index (χ4v) is 2.82. The molecule has 20 heavy (non-hydrogen) atoms. The van der Waals surface area contributed by atoms with E-state index in [0.29, 0.717) is 25.2 Å². The van der Waals surface area contributed by atoms with E-state index < -0.39 is 0 Å². The fourth-order valence-electron chi connectivity index (χ4n) is 2.82. The molecule has 4 heteroatoms. The van der Waals surface area contributed by atoms with Gasteiger partial charge in [-0.15, -0.1) is 0 Å². The minimum atomic E-state index is -0.182. The molecule has 3 rings (SSSR count). The van der Waals surface area contributed by atoms with Gasteiger partial charge in [-0.05, 0) is 55.9 Å². The summed E-state index contributed by atoms with van der Waals surface area (Å²) >= 11 is 0. The first-order chi connectivity index (χ1) is 9.78. The van der Waals surface area contributed by atoms with Crippen molar-refractivity contribution in [2.75, 3.05) is 18.1 Å². The fraction of sp³-hybridized carbons (Fsp3) is 0.625. The van der Waals surface area contributed by atoms with Crippen LogP contribution in [0.3, 0.4) is 0 Å². The first kappa shape index (κ1) is 13.8. The van der Waals surface area contributed by atoms with E-state index in [1.54, 1.807) is 6.07 Å². The molecule has 0 bridgehead atoms. The summed E-state index contributed by atoms with van der Waals surface area (Å²) < 4.78 is 13.5. The number of rotatable bonds is 7. The first-order valence-corrected chi connectivity index (χ1v) is 7.67. The summed E-state index contributed by atoms with van der Waals surface area (Å²) in [6, 6.07) is 6.15. The van der Waals surface area contributed by atoms with Crippen LogP contribution in [-0.2, 0) is 6.54 Å². The predicted octanol–water partition coefficient (Wildman–Crippen LogP) is 2.43. The van der Waals surface area contributed by atoms with Crippen molar-refractivity contribution in [3.05, 3.63) is 29.6 Å². The molecule has 2 N–H and O–H groups in total. The minimum absolute atomic E-state index is 0.142. The van der Waals surface area contributed by atoms with Crippen LogP contribution in [-0.4, -0.2) is 30.3 Å². The van der Waals surface area contributed by atoms with Gasteiger partial charge < -0.3 is 15.3 Å². The molecule has 0 spiro atoms. The highest BCUT2D eigenvalue weighted by atomic mass is 19.1. The molecule has 2 fully saturated rings.